The van der Waals surface area contributed by atoms with Crippen molar-refractivity contribution < 1.29 is 20.1 Å². The van der Waals surface area contributed by atoms with E-state index < -0.39 is 23.4 Å². The molecule has 0 saturated carbocycles. The quantitative estimate of drug-likeness (QED) is 0.740. The van der Waals surface area contributed by atoms with Gasteiger partial charge in [0.15, 0.2) is 0 Å². The summed E-state index contributed by atoms with van der Waals surface area (Å²) in [6.45, 7) is 7.74. The molecule has 2 aliphatic rings. The fourth-order valence-electron chi connectivity index (χ4n) is 3.86. The molecule has 1 aromatic carbocycles. The first kappa shape index (κ1) is 21.0. The van der Waals surface area contributed by atoms with Crippen molar-refractivity contribution in [1.29, 1.82) is 0 Å². The summed E-state index contributed by atoms with van der Waals surface area (Å²) in [4.78, 5) is 0. The second-order valence-electron chi connectivity index (χ2n) is 8.99. The van der Waals surface area contributed by atoms with Crippen molar-refractivity contribution in [3.63, 3.8) is 0 Å². The summed E-state index contributed by atoms with van der Waals surface area (Å²) in [7, 11) is 0. The van der Waals surface area contributed by atoms with Crippen molar-refractivity contribution in [2.24, 2.45) is 0 Å². The van der Waals surface area contributed by atoms with Crippen molar-refractivity contribution in [3.8, 4) is 0 Å². The molecule has 28 heavy (non-hydrogen) atoms. The Kier molecular flexibility index (Phi) is 5.70. The van der Waals surface area contributed by atoms with E-state index in [0.29, 0.717) is 5.57 Å². The number of rotatable bonds is 4. The van der Waals surface area contributed by atoms with Crippen molar-refractivity contribution in [2.75, 3.05) is 0 Å². The van der Waals surface area contributed by atoms with E-state index in [0.717, 1.165) is 18.4 Å². The molecule has 4 nitrogen and oxygen atoms in total. The molecule has 0 bridgehead atoms. The van der Waals surface area contributed by atoms with Crippen LogP contribution in [0.3, 0.4) is 0 Å². The summed E-state index contributed by atoms with van der Waals surface area (Å²) in [5.41, 5.74) is 0.904. The SMILES string of the molecule is Cc1ccc(/C=C/[C@@]2(C)CC[C@@](C)(C=CC3=C[C@H](O)[C@](C)(O)C[C@@H]3O)O2)cc1. The lowest BCUT2D eigenvalue weighted by atomic mass is 9.82. The Bertz CT molecular complexity index is 789. The normalized spacial score (nSPS) is 39.0. The highest BCUT2D eigenvalue weighted by molar-refractivity contribution is 5.51. The fraction of sp³-hybridized carbons (Fsp3) is 0.500. The zero-order valence-corrected chi connectivity index (χ0v) is 17.2. The summed E-state index contributed by atoms with van der Waals surface area (Å²) in [5, 5.41) is 30.4. The predicted octanol–water partition coefficient (Wildman–Crippen LogP) is 3.70. The van der Waals surface area contributed by atoms with Crippen molar-refractivity contribution in [3.05, 3.63) is 65.3 Å². The third-order valence-electron chi connectivity index (χ3n) is 5.90. The van der Waals surface area contributed by atoms with Crippen molar-refractivity contribution >= 4 is 6.08 Å². The summed E-state index contributed by atoms with van der Waals surface area (Å²) >= 11 is 0. The van der Waals surface area contributed by atoms with Gasteiger partial charge in [0.25, 0.3) is 0 Å². The molecule has 3 rings (SSSR count). The molecule has 1 aliphatic heterocycles. The van der Waals surface area contributed by atoms with E-state index in [9.17, 15) is 15.3 Å². The zero-order valence-electron chi connectivity index (χ0n) is 17.2. The van der Waals surface area contributed by atoms with E-state index in [4.69, 9.17) is 4.74 Å². The molecule has 1 aromatic rings. The molecular weight excluding hydrogens is 352 g/mol. The Hall–Kier alpha value is -1.72. The minimum absolute atomic E-state index is 0.110. The average molecular weight is 385 g/mol. The maximum absolute atomic E-state index is 10.3. The molecule has 1 heterocycles. The number of hydrogen-bond acceptors (Lipinski definition) is 4. The van der Waals surface area contributed by atoms with Crippen LogP contribution >= 0.6 is 0 Å². The monoisotopic (exact) mass is 384 g/mol. The fourth-order valence-corrected chi connectivity index (χ4v) is 3.86. The van der Waals surface area contributed by atoms with Gasteiger partial charge in [-0.2, -0.15) is 0 Å². The van der Waals surface area contributed by atoms with Gasteiger partial charge in [-0.15, -0.1) is 0 Å². The Labute approximate surface area is 167 Å². The number of benzene rings is 1. The molecule has 4 heteroatoms. The highest BCUT2D eigenvalue weighted by atomic mass is 16.5. The number of aliphatic hydroxyl groups is 3. The molecule has 0 radical (unpaired) electrons. The summed E-state index contributed by atoms with van der Waals surface area (Å²) in [6.07, 6.45) is 9.60. The first-order chi connectivity index (χ1) is 13.0. The van der Waals surface area contributed by atoms with Gasteiger partial charge in [-0.05, 0) is 57.7 Å². The zero-order chi connectivity index (χ0) is 20.6. The van der Waals surface area contributed by atoms with Gasteiger partial charge in [0.2, 0.25) is 0 Å². The van der Waals surface area contributed by atoms with Crippen molar-refractivity contribution in [1.82, 2.24) is 0 Å². The van der Waals surface area contributed by atoms with Crippen LogP contribution in [0.1, 0.15) is 51.2 Å². The molecule has 0 unspecified atom stereocenters. The number of aryl methyl sites for hydroxylation is 1. The smallest absolute Gasteiger partial charge is 0.101 e. The van der Waals surface area contributed by atoms with Gasteiger partial charge < -0.3 is 20.1 Å². The second-order valence-corrected chi connectivity index (χ2v) is 8.99. The van der Waals surface area contributed by atoms with E-state index in [2.05, 4.69) is 50.3 Å². The van der Waals surface area contributed by atoms with Crippen LogP contribution in [0.25, 0.3) is 6.08 Å². The highest BCUT2D eigenvalue weighted by Gasteiger charge is 2.41. The topological polar surface area (TPSA) is 69.9 Å². The number of ether oxygens (including phenoxy) is 1. The van der Waals surface area contributed by atoms with Gasteiger partial charge in [-0.1, -0.05) is 54.1 Å². The van der Waals surface area contributed by atoms with E-state index in [1.165, 1.54) is 18.6 Å². The van der Waals surface area contributed by atoms with E-state index in [1.807, 2.05) is 19.1 Å². The Balaban J connectivity index is 1.69. The predicted molar refractivity (Wildman–Crippen MR) is 112 cm³/mol. The van der Waals surface area contributed by atoms with Crippen LogP contribution in [0.4, 0.5) is 0 Å². The van der Waals surface area contributed by atoms with Crippen LogP contribution < -0.4 is 0 Å². The number of aliphatic hydroxyl groups excluding tert-OH is 2. The maximum atomic E-state index is 10.3. The van der Waals surface area contributed by atoms with Crippen LogP contribution in [0.5, 0.6) is 0 Å². The highest BCUT2D eigenvalue weighted by Crippen LogP contribution is 2.40. The first-order valence-electron chi connectivity index (χ1n) is 9.96. The molecule has 152 valence electrons. The molecule has 0 spiro atoms. The van der Waals surface area contributed by atoms with E-state index in [-0.39, 0.29) is 12.0 Å². The van der Waals surface area contributed by atoms with Crippen LogP contribution in [-0.4, -0.2) is 44.3 Å². The van der Waals surface area contributed by atoms with Crippen molar-refractivity contribution in [2.45, 2.75) is 76.0 Å². The van der Waals surface area contributed by atoms with Gasteiger partial charge in [0.05, 0.1) is 22.9 Å². The summed E-state index contributed by atoms with van der Waals surface area (Å²) in [5.74, 6) is 0. The third-order valence-corrected chi connectivity index (χ3v) is 5.90. The summed E-state index contributed by atoms with van der Waals surface area (Å²) in [6, 6.07) is 8.39. The molecule has 1 saturated heterocycles. The van der Waals surface area contributed by atoms with Crippen LogP contribution in [0.2, 0.25) is 0 Å². The van der Waals surface area contributed by atoms with Gasteiger partial charge in [0, 0.05) is 6.42 Å². The lowest BCUT2D eigenvalue weighted by molar-refractivity contribution is -0.0707. The Morgan fingerprint density at radius 2 is 1.54 bits per heavy atom. The second kappa shape index (κ2) is 7.60. The minimum atomic E-state index is -1.30. The van der Waals surface area contributed by atoms with Crippen LogP contribution in [-0.2, 0) is 4.74 Å². The Morgan fingerprint density at radius 3 is 2.14 bits per heavy atom. The molecule has 5 atom stereocenters. The van der Waals surface area contributed by atoms with Gasteiger partial charge in [-0.25, -0.2) is 0 Å². The van der Waals surface area contributed by atoms with Crippen LogP contribution in [0, 0.1) is 6.92 Å². The van der Waals surface area contributed by atoms with Gasteiger partial charge in [0.1, 0.15) is 6.10 Å². The molecule has 1 aliphatic carbocycles. The van der Waals surface area contributed by atoms with Gasteiger partial charge in [-0.3, -0.25) is 0 Å². The molecule has 0 aromatic heterocycles. The van der Waals surface area contributed by atoms with Gasteiger partial charge >= 0.3 is 0 Å². The molecule has 0 amide bonds. The molecule has 1 fully saturated rings. The standard InChI is InChI=1S/C24H32O4/c1-17-5-7-18(8-6-17)9-11-22(2)13-14-23(3,28-22)12-10-19-15-21(26)24(4,27)16-20(19)25/h5-12,15,20-21,25-27H,13-14,16H2,1-4H3/b11-9+,12-10?/t20-,21-,22-,23+,24+/m0/s1. The minimum Gasteiger partial charge on any atom is -0.388 e. The van der Waals surface area contributed by atoms with E-state index in [1.54, 1.807) is 0 Å². The van der Waals surface area contributed by atoms with E-state index >= 15 is 0 Å². The average Bonchev–Trinajstić information content (AvgIpc) is 2.92. The third kappa shape index (κ3) is 4.81. The summed E-state index contributed by atoms with van der Waals surface area (Å²) < 4.78 is 6.38. The lowest BCUT2D eigenvalue weighted by Gasteiger charge is -2.35. The lowest BCUT2D eigenvalue weighted by Crippen LogP contribution is -2.45. The molecule has 3 N–H and O–H groups in total. The first-order valence-corrected chi connectivity index (χ1v) is 9.96. The van der Waals surface area contributed by atoms with Crippen LogP contribution in [0.15, 0.2) is 54.1 Å². The number of hydrogen-bond donors (Lipinski definition) is 3. The largest absolute Gasteiger partial charge is 0.388 e. The maximum Gasteiger partial charge on any atom is 0.101 e. The Morgan fingerprint density at radius 1 is 0.964 bits per heavy atom. The molecular formula is C24H32O4.